The van der Waals surface area contributed by atoms with Crippen LogP contribution in [0.2, 0.25) is 5.02 Å². The van der Waals surface area contributed by atoms with Crippen molar-refractivity contribution < 1.29 is 14.3 Å². The molecule has 0 radical (unpaired) electrons. The van der Waals surface area contributed by atoms with Crippen molar-refractivity contribution in [1.82, 2.24) is 5.43 Å². The maximum atomic E-state index is 12.4. The molecule has 3 rings (SSSR count). The summed E-state index contributed by atoms with van der Waals surface area (Å²) in [5.41, 5.74) is 2.73. The number of halogens is 1. The Morgan fingerprint density at radius 3 is 2.73 bits per heavy atom. The Labute approximate surface area is 157 Å². The zero-order chi connectivity index (χ0) is 19.0. The van der Waals surface area contributed by atoms with E-state index in [-0.39, 0.29) is 22.8 Å². The van der Waals surface area contributed by atoms with E-state index in [0.29, 0.717) is 9.90 Å². The first kappa shape index (κ1) is 18.2. The highest BCUT2D eigenvalue weighted by molar-refractivity contribution is 7.21. The minimum absolute atomic E-state index is 0.103. The number of hydrazone groups is 1. The van der Waals surface area contributed by atoms with E-state index in [4.69, 9.17) is 16.0 Å². The Morgan fingerprint density at radius 2 is 2.04 bits per heavy atom. The average Bonchev–Trinajstić information content (AvgIpc) is 2.87. The van der Waals surface area contributed by atoms with Crippen molar-refractivity contribution in [3.63, 3.8) is 0 Å². The maximum absolute atomic E-state index is 12.4. The second-order valence-electron chi connectivity index (χ2n) is 5.79. The Hall–Kier alpha value is -2.64. The van der Waals surface area contributed by atoms with Gasteiger partial charge in [-0.05, 0) is 32.4 Å². The van der Waals surface area contributed by atoms with Gasteiger partial charge >= 0.3 is 5.63 Å². The monoisotopic (exact) mass is 390 g/mol. The summed E-state index contributed by atoms with van der Waals surface area (Å²) in [5, 5.41) is 15.0. The van der Waals surface area contributed by atoms with Crippen LogP contribution in [0.5, 0.6) is 5.75 Å². The van der Waals surface area contributed by atoms with Crippen molar-refractivity contribution in [1.29, 1.82) is 0 Å². The molecule has 1 amide bonds. The molecular formula is C18H15ClN2O4S. The SMILES string of the molecule is CC(=NNC(=O)c1sc2cc(C)ccc2c1Cl)c1c(O)cc(C)oc1=O. The van der Waals surface area contributed by atoms with Crippen LogP contribution in [-0.2, 0) is 0 Å². The van der Waals surface area contributed by atoms with Gasteiger partial charge in [-0.15, -0.1) is 11.3 Å². The van der Waals surface area contributed by atoms with Crippen LogP contribution in [-0.4, -0.2) is 16.7 Å². The van der Waals surface area contributed by atoms with Crippen LogP contribution in [0.1, 0.15) is 33.5 Å². The third-order valence-electron chi connectivity index (χ3n) is 3.73. The lowest BCUT2D eigenvalue weighted by Crippen LogP contribution is -2.21. The molecule has 0 aliphatic heterocycles. The molecule has 26 heavy (non-hydrogen) atoms. The van der Waals surface area contributed by atoms with Crippen molar-refractivity contribution in [3.05, 3.63) is 61.5 Å². The van der Waals surface area contributed by atoms with Crippen molar-refractivity contribution in [2.45, 2.75) is 20.8 Å². The highest BCUT2D eigenvalue weighted by atomic mass is 35.5. The molecule has 2 N–H and O–H groups in total. The van der Waals surface area contributed by atoms with Gasteiger partial charge in [0.15, 0.2) is 0 Å². The Bertz CT molecular complexity index is 1110. The van der Waals surface area contributed by atoms with Crippen LogP contribution in [0.3, 0.4) is 0 Å². The Morgan fingerprint density at radius 1 is 1.31 bits per heavy atom. The van der Waals surface area contributed by atoms with Crippen molar-refractivity contribution in [2.75, 3.05) is 0 Å². The summed E-state index contributed by atoms with van der Waals surface area (Å²) in [6.45, 7) is 4.99. The number of hydrogen-bond donors (Lipinski definition) is 2. The number of aryl methyl sites for hydroxylation is 2. The summed E-state index contributed by atoms with van der Waals surface area (Å²) in [6.07, 6.45) is 0. The Kier molecular flexibility index (Phi) is 4.84. The van der Waals surface area contributed by atoms with E-state index in [1.165, 1.54) is 24.3 Å². The fourth-order valence-corrected chi connectivity index (χ4v) is 3.99. The van der Waals surface area contributed by atoms with Crippen molar-refractivity contribution in [3.8, 4) is 5.75 Å². The largest absolute Gasteiger partial charge is 0.507 e. The third-order valence-corrected chi connectivity index (χ3v) is 5.39. The summed E-state index contributed by atoms with van der Waals surface area (Å²) in [5.74, 6) is -0.478. The third kappa shape index (κ3) is 3.36. The number of amides is 1. The van der Waals surface area contributed by atoms with Gasteiger partial charge in [-0.1, -0.05) is 23.7 Å². The quantitative estimate of drug-likeness (QED) is 0.522. The number of aromatic hydroxyl groups is 1. The van der Waals surface area contributed by atoms with Crippen LogP contribution in [0.15, 0.2) is 38.6 Å². The zero-order valence-electron chi connectivity index (χ0n) is 14.2. The molecule has 0 fully saturated rings. The van der Waals surface area contributed by atoms with Crippen molar-refractivity contribution in [2.24, 2.45) is 5.10 Å². The molecule has 0 bridgehead atoms. The molecule has 0 aliphatic rings. The lowest BCUT2D eigenvalue weighted by atomic mass is 10.2. The number of carbonyl (C=O) groups excluding carboxylic acids is 1. The molecule has 0 atom stereocenters. The number of carbonyl (C=O) groups is 1. The van der Waals surface area contributed by atoms with Crippen LogP contribution in [0.4, 0.5) is 0 Å². The van der Waals surface area contributed by atoms with Gasteiger partial charge < -0.3 is 9.52 Å². The zero-order valence-corrected chi connectivity index (χ0v) is 15.8. The molecular weight excluding hydrogens is 376 g/mol. The van der Waals surface area contributed by atoms with Gasteiger partial charge in [0, 0.05) is 16.2 Å². The van der Waals surface area contributed by atoms with E-state index < -0.39 is 11.5 Å². The summed E-state index contributed by atoms with van der Waals surface area (Å²) in [6, 6.07) is 7.05. The summed E-state index contributed by atoms with van der Waals surface area (Å²) < 4.78 is 5.84. The van der Waals surface area contributed by atoms with Crippen LogP contribution in [0.25, 0.3) is 10.1 Å². The van der Waals surface area contributed by atoms with Gasteiger partial charge in [-0.2, -0.15) is 5.10 Å². The lowest BCUT2D eigenvalue weighted by molar-refractivity contribution is 0.0959. The molecule has 3 aromatic rings. The average molecular weight is 391 g/mol. The standard InChI is InChI=1S/C18H15ClN2O4S/c1-8-4-5-11-13(6-8)26-16(15(11)19)17(23)21-20-10(3)14-12(22)7-9(2)25-18(14)24/h4-7,22H,1-3H3,(H,21,23). The second kappa shape index (κ2) is 6.93. The molecule has 0 unspecified atom stereocenters. The number of thiophene rings is 1. The van der Waals surface area contributed by atoms with E-state index in [1.54, 1.807) is 6.92 Å². The Balaban J connectivity index is 1.90. The minimum atomic E-state index is -0.728. The van der Waals surface area contributed by atoms with Crippen molar-refractivity contribution >= 4 is 44.6 Å². The van der Waals surface area contributed by atoms with E-state index in [0.717, 1.165) is 15.6 Å². The van der Waals surface area contributed by atoms with Gasteiger partial charge in [0.05, 0.1) is 10.7 Å². The predicted molar refractivity (Wildman–Crippen MR) is 103 cm³/mol. The van der Waals surface area contributed by atoms with E-state index >= 15 is 0 Å². The van der Waals surface area contributed by atoms with E-state index in [2.05, 4.69) is 10.5 Å². The summed E-state index contributed by atoms with van der Waals surface area (Å²) in [4.78, 5) is 24.6. The van der Waals surface area contributed by atoms with Crippen LogP contribution >= 0.6 is 22.9 Å². The first-order valence-corrected chi connectivity index (χ1v) is 8.84. The summed E-state index contributed by atoms with van der Waals surface area (Å²) in [7, 11) is 0. The maximum Gasteiger partial charge on any atom is 0.348 e. The predicted octanol–water partition coefficient (Wildman–Crippen LogP) is 3.98. The molecule has 134 valence electrons. The highest BCUT2D eigenvalue weighted by Gasteiger charge is 2.18. The number of hydrogen-bond acceptors (Lipinski definition) is 6. The first-order valence-electron chi connectivity index (χ1n) is 7.65. The number of fused-ring (bicyclic) bond motifs is 1. The van der Waals surface area contributed by atoms with Crippen LogP contribution < -0.4 is 11.1 Å². The van der Waals surface area contributed by atoms with Gasteiger partial charge in [0.1, 0.15) is 22.0 Å². The van der Waals surface area contributed by atoms with Gasteiger partial charge in [0.25, 0.3) is 5.91 Å². The second-order valence-corrected chi connectivity index (χ2v) is 7.22. The smallest absolute Gasteiger partial charge is 0.348 e. The van der Waals surface area contributed by atoms with Gasteiger partial charge in [0.2, 0.25) is 0 Å². The molecule has 0 saturated heterocycles. The summed E-state index contributed by atoms with van der Waals surface area (Å²) >= 11 is 7.56. The molecule has 0 saturated carbocycles. The van der Waals surface area contributed by atoms with Gasteiger partial charge in [-0.3, -0.25) is 4.79 Å². The molecule has 2 heterocycles. The molecule has 6 nitrogen and oxygen atoms in total. The highest BCUT2D eigenvalue weighted by Crippen LogP contribution is 2.35. The molecule has 2 aromatic heterocycles. The number of benzene rings is 1. The van der Waals surface area contributed by atoms with Gasteiger partial charge in [-0.25, -0.2) is 10.2 Å². The lowest BCUT2D eigenvalue weighted by Gasteiger charge is -2.04. The fraction of sp³-hybridized carbons (Fsp3) is 0.167. The normalized spacial score (nSPS) is 11.8. The molecule has 0 spiro atoms. The minimum Gasteiger partial charge on any atom is -0.507 e. The molecule has 8 heteroatoms. The topological polar surface area (TPSA) is 91.9 Å². The number of nitrogens with zero attached hydrogens (tertiary/aromatic N) is 1. The number of rotatable bonds is 3. The molecule has 0 aliphatic carbocycles. The van der Waals surface area contributed by atoms with E-state index in [1.807, 2.05) is 25.1 Å². The first-order chi connectivity index (χ1) is 12.3. The fourth-order valence-electron chi connectivity index (χ4n) is 2.49. The molecule has 1 aromatic carbocycles. The number of nitrogens with one attached hydrogen (secondary N) is 1. The van der Waals surface area contributed by atoms with Crippen LogP contribution in [0, 0.1) is 13.8 Å². The van der Waals surface area contributed by atoms with E-state index in [9.17, 15) is 14.7 Å².